The van der Waals surface area contributed by atoms with E-state index >= 15 is 0 Å². The summed E-state index contributed by atoms with van der Waals surface area (Å²) in [5.41, 5.74) is 0.528. The molecule has 1 aromatic carbocycles. The van der Waals surface area contributed by atoms with Crippen LogP contribution in [0.5, 0.6) is 0 Å². The molecule has 1 heterocycles. The molecule has 0 atom stereocenters. The highest BCUT2D eigenvalue weighted by atomic mass is 32.2. The number of hydrogen-bond acceptors (Lipinski definition) is 7. The van der Waals surface area contributed by atoms with E-state index in [0.29, 0.717) is 5.69 Å². The average Bonchev–Trinajstić information content (AvgIpc) is 3.18. The normalized spacial score (nSPS) is 9.81. The Labute approximate surface area is 153 Å². The van der Waals surface area contributed by atoms with Gasteiger partial charge >= 0.3 is 5.97 Å². The zero-order chi connectivity index (χ0) is 18.8. The monoisotopic (exact) mass is 373 g/mol. The van der Waals surface area contributed by atoms with Gasteiger partial charge in [0, 0.05) is 4.90 Å². The van der Waals surface area contributed by atoms with E-state index in [9.17, 15) is 14.4 Å². The van der Waals surface area contributed by atoms with Crippen molar-refractivity contribution in [3.8, 4) is 6.07 Å². The summed E-state index contributed by atoms with van der Waals surface area (Å²) < 4.78 is 9.69. The first-order chi connectivity index (χ1) is 12.6. The zero-order valence-electron chi connectivity index (χ0n) is 13.6. The van der Waals surface area contributed by atoms with Gasteiger partial charge in [0.15, 0.2) is 12.4 Å². The molecule has 0 radical (unpaired) electrons. The van der Waals surface area contributed by atoms with Gasteiger partial charge in [0.25, 0.3) is 11.8 Å². The van der Waals surface area contributed by atoms with Crippen molar-refractivity contribution in [1.29, 1.82) is 5.26 Å². The third-order valence-corrected chi connectivity index (χ3v) is 3.90. The maximum Gasteiger partial charge on any atom is 0.325 e. The number of anilines is 1. The first kappa shape index (κ1) is 19.1. The van der Waals surface area contributed by atoms with Crippen molar-refractivity contribution in [1.82, 2.24) is 5.32 Å². The van der Waals surface area contributed by atoms with E-state index in [1.165, 1.54) is 24.1 Å². The minimum atomic E-state index is -0.757. The first-order valence-corrected chi connectivity index (χ1v) is 8.44. The van der Waals surface area contributed by atoms with Crippen molar-refractivity contribution in [3.63, 3.8) is 0 Å². The van der Waals surface area contributed by atoms with Gasteiger partial charge in [0.05, 0.1) is 23.8 Å². The number of carbonyl (C=O) groups excluding carboxylic acids is 3. The number of rotatable bonds is 8. The molecule has 9 heteroatoms. The van der Waals surface area contributed by atoms with E-state index in [0.717, 1.165) is 4.90 Å². The average molecular weight is 373 g/mol. The summed E-state index contributed by atoms with van der Waals surface area (Å²) in [5, 5.41) is 13.6. The molecule has 0 aliphatic heterocycles. The van der Waals surface area contributed by atoms with Crippen LogP contribution >= 0.6 is 11.8 Å². The van der Waals surface area contributed by atoms with Crippen molar-refractivity contribution in [2.75, 3.05) is 24.2 Å². The second-order valence-electron chi connectivity index (χ2n) is 4.81. The molecule has 0 spiro atoms. The fourth-order valence-electron chi connectivity index (χ4n) is 1.84. The van der Waals surface area contributed by atoms with Crippen molar-refractivity contribution >= 4 is 35.2 Å². The van der Waals surface area contributed by atoms with Crippen LogP contribution < -0.4 is 10.6 Å². The van der Waals surface area contributed by atoms with Crippen molar-refractivity contribution in [2.45, 2.75) is 4.90 Å². The summed E-state index contributed by atoms with van der Waals surface area (Å²) in [7, 11) is 0. The lowest BCUT2D eigenvalue weighted by Gasteiger charge is -2.10. The Morgan fingerprint density at radius 2 is 2.00 bits per heavy atom. The fourth-order valence-corrected chi connectivity index (χ4v) is 2.51. The standard InChI is InChI=1S/C17H15N3O5S/c18-7-9-26-14-6-2-1-4-12(14)20-15(21)11-25-16(22)10-19-17(23)13-5-3-8-24-13/h1-6,8H,9-11H2,(H,19,23)(H,20,21). The highest BCUT2D eigenvalue weighted by Gasteiger charge is 2.13. The summed E-state index contributed by atoms with van der Waals surface area (Å²) in [6.45, 7) is -0.881. The number of para-hydroxylation sites is 1. The van der Waals surface area contributed by atoms with Crippen LogP contribution in [-0.4, -0.2) is 36.7 Å². The molecule has 0 aliphatic carbocycles. The molecule has 0 unspecified atom stereocenters. The molecule has 2 N–H and O–H groups in total. The molecule has 134 valence electrons. The van der Waals surface area contributed by atoms with Gasteiger partial charge in [0.1, 0.15) is 6.54 Å². The van der Waals surface area contributed by atoms with Crippen LogP contribution in [-0.2, 0) is 14.3 Å². The molecule has 26 heavy (non-hydrogen) atoms. The van der Waals surface area contributed by atoms with E-state index in [1.54, 1.807) is 30.3 Å². The van der Waals surface area contributed by atoms with Gasteiger partial charge in [-0.1, -0.05) is 12.1 Å². The molecule has 0 bridgehead atoms. The number of nitrogens with one attached hydrogen (secondary N) is 2. The SMILES string of the molecule is N#CCSc1ccccc1NC(=O)COC(=O)CNC(=O)c1ccco1. The Bertz CT molecular complexity index is 814. The van der Waals surface area contributed by atoms with E-state index < -0.39 is 24.4 Å². The molecule has 0 fully saturated rings. The van der Waals surface area contributed by atoms with Crippen LogP contribution in [0.25, 0.3) is 0 Å². The molecule has 0 saturated heterocycles. The van der Waals surface area contributed by atoms with Crippen LogP contribution in [0, 0.1) is 11.3 Å². The Balaban J connectivity index is 1.75. The topological polar surface area (TPSA) is 121 Å². The smallest absolute Gasteiger partial charge is 0.325 e. The van der Waals surface area contributed by atoms with Crippen LogP contribution in [0.1, 0.15) is 10.6 Å². The van der Waals surface area contributed by atoms with E-state index in [4.69, 9.17) is 14.4 Å². The number of ether oxygens (including phenoxy) is 1. The van der Waals surface area contributed by atoms with Crippen molar-refractivity contribution in [3.05, 3.63) is 48.4 Å². The van der Waals surface area contributed by atoms with Gasteiger partial charge in [0.2, 0.25) is 0 Å². The summed E-state index contributed by atoms with van der Waals surface area (Å²) in [5.74, 6) is -1.52. The number of esters is 1. The maximum atomic E-state index is 11.9. The van der Waals surface area contributed by atoms with Crippen LogP contribution in [0.2, 0.25) is 0 Å². The Morgan fingerprint density at radius 1 is 1.19 bits per heavy atom. The summed E-state index contributed by atoms with van der Waals surface area (Å²) >= 11 is 1.28. The number of nitrogens with zero attached hydrogens (tertiary/aromatic N) is 1. The molecule has 8 nitrogen and oxygen atoms in total. The zero-order valence-corrected chi connectivity index (χ0v) is 14.4. The lowest BCUT2D eigenvalue weighted by Crippen LogP contribution is -2.32. The quantitative estimate of drug-likeness (QED) is 0.534. The Kier molecular flexibility index (Phi) is 7.27. The molecule has 0 saturated carbocycles. The van der Waals surface area contributed by atoms with E-state index in [1.807, 2.05) is 6.07 Å². The van der Waals surface area contributed by atoms with E-state index in [-0.39, 0.29) is 18.1 Å². The largest absolute Gasteiger partial charge is 0.459 e. The first-order valence-electron chi connectivity index (χ1n) is 7.46. The number of carbonyl (C=O) groups is 3. The second-order valence-corrected chi connectivity index (χ2v) is 5.83. The molecule has 1 aromatic heterocycles. The summed E-state index contributed by atoms with van der Waals surface area (Å²) in [6, 6.07) is 12.0. The predicted molar refractivity (Wildman–Crippen MR) is 93.4 cm³/mol. The van der Waals surface area contributed by atoms with E-state index in [2.05, 4.69) is 10.6 Å². The van der Waals surface area contributed by atoms with Gasteiger partial charge in [-0.2, -0.15) is 5.26 Å². The molecule has 2 rings (SSSR count). The third kappa shape index (κ3) is 5.99. The number of benzene rings is 1. The Morgan fingerprint density at radius 3 is 2.73 bits per heavy atom. The molecular formula is C17H15N3O5S. The summed E-state index contributed by atoms with van der Waals surface area (Å²) in [6.07, 6.45) is 1.34. The molecule has 0 aliphatic rings. The summed E-state index contributed by atoms with van der Waals surface area (Å²) in [4.78, 5) is 35.8. The van der Waals surface area contributed by atoms with Gasteiger partial charge in [-0.15, -0.1) is 11.8 Å². The number of hydrogen-bond donors (Lipinski definition) is 2. The predicted octanol–water partition coefficient (Wildman–Crippen LogP) is 1.81. The molecular weight excluding hydrogens is 358 g/mol. The molecule has 2 amide bonds. The van der Waals surface area contributed by atoms with Crippen molar-refractivity contribution in [2.24, 2.45) is 0 Å². The van der Waals surface area contributed by atoms with Crippen molar-refractivity contribution < 1.29 is 23.5 Å². The second kappa shape index (κ2) is 9.90. The van der Waals surface area contributed by atoms with Gasteiger partial charge < -0.3 is 19.8 Å². The van der Waals surface area contributed by atoms with Gasteiger partial charge in [-0.3, -0.25) is 14.4 Å². The van der Waals surface area contributed by atoms with Crippen LogP contribution in [0.3, 0.4) is 0 Å². The third-order valence-electron chi connectivity index (χ3n) is 2.96. The van der Waals surface area contributed by atoms with Crippen LogP contribution in [0.15, 0.2) is 52.0 Å². The minimum absolute atomic E-state index is 0.0713. The molecule has 2 aromatic rings. The van der Waals surface area contributed by atoms with Gasteiger partial charge in [-0.25, -0.2) is 0 Å². The number of furan rings is 1. The fraction of sp³-hybridized carbons (Fsp3) is 0.176. The highest BCUT2D eigenvalue weighted by molar-refractivity contribution is 7.99. The number of nitriles is 1. The Hall–Kier alpha value is -3.25. The maximum absolute atomic E-state index is 11.9. The number of thioether (sulfide) groups is 1. The lowest BCUT2D eigenvalue weighted by molar-refractivity contribution is -0.146. The highest BCUT2D eigenvalue weighted by Crippen LogP contribution is 2.26. The lowest BCUT2D eigenvalue weighted by atomic mass is 10.3. The van der Waals surface area contributed by atoms with Gasteiger partial charge in [-0.05, 0) is 24.3 Å². The van der Waals surface area contributed by atoms with Crippen LogP contribution in [0.4, 0.5) is 5.69 Å². The minimum Gasteiger partial charge on any atom is -0.459 e. The number of amides is 2.